The molecule has 0 aliphatic carbocycles. The number of halogens is 1. The first-order valence-corrected chi connectivity index (χ1v) is 8.85. The fourth-order valence-corrected chi connectivity index (χ4v) is 3.51. The van der Waals surface area contributed by atoms with Crippen molar-refractivity contribution < 1.29 is 4.79 Å². The second-order valence-corrected chi connectivity index (χ2v) is 7.51. The Kier molecular flexibility index (Phi) is 4.82. The molecule has 0 atom stereocenters. The first-order valence-electron chi connectivity index (χ1n) is 7.65. The van der Waals surface area contributed by atoms with E-state index in [0.29, 0.717) is 27.0 Å². The Labute approximate surface area is 152 Å². The summed E-state index contributed by atoms with van der Waals surface area (Å²) in [6.45, 7) is 4.15. The lowest BCUT2D eigenvalue weighted by Crippen LogP contribution is -2.26. The average Bonchev–Trinajstić information content (AvgIpc) is 2.96. The maximum atomic E-state index is 12.6. The molecule has 0 unspecified atom stereocenters. The minimum absolute atomic E-state index is 0.210. The first-order chi connectivity index (χ1) is 11.8. The van der Waals surface area contributed by atoms with Gasteiger partial charge < -0.3 is 0 Å². The number of hydrogen-bond acceptors (Lipinski definition) is 6. The third-order valence-electron chi connectivity index (χ3n) is 3.50. The molecule has 0 saturated heterocycles. The number of nitrogens with one attached hydrogen (secondary N) is 1. The van der Waals surface area contributed by atoms with Crippen molar-refractivity contribution in [3.63, 3.8) is 0 Å². The number of aromatic nitrogens is 4. The Balaban J connectivity index is 1.93. The maximum Gasteiger partial charge on any atom is 0.282 e. The van der Waals surface area contributed by atoms with E-state index >= 15 is 0 Å². The summed E-state index contributed by atoms with van der Waals surface area (Å²) in [5, 5.41) is 16.6. The van der Waals surface area contributed by atoms with Crippen molar-refractivity contribution in [2.75, 3.05) is 5.32 Å². The Morgan fingerprint density at radius 3 is 2.84 bits per heavy atom. The zero-order valence-corrected chi connectivity index (χ0v) is 15.5. The Hall–Kier alpha value is -2.32. The summed E-state index contributed by atoms with van der Waals surface area (Å²) < 4.78 is 1.48. The average molecular weight is 378 g/mol. The number of amides is 1. The highest BCUT2D eigenvalue weighted by Gasteiger charge is 2.18. The van der Waals surface area contributed by atoms with Gasteiger partial charge in [-0.05, 0) is 24.1 Å². The summed E-state index contributed by atoms with van der Waals surface area (Å²) >= 11 is 7.25. The molecular weight excluding hydrogens is 362 g/mol. The smallest absolute Gasteiger partial charge is 0.282 e. The van der Waals surface area contributed by atoms with Gasteiger partial charge in [-0.1, -0.05) is 36.8 Å². The molecule has 2 aromatic heterocycles. The number of fused-ring (bicyclic) bond motifs is 1. The number of anilines is 1. The number of benzene rings is 1. The second kappa shape index (κ2) is 6.89. The topological polar surface area (TPSA) is 89.8 Å². The molecule has 0 fully saturated rings. The summed E-state index contributed by atoms with van der Waals surface area (Å²) in [7, 11) is 1.66. The van der Waals surface area contributed by atoms with Crippen LogP contribution in [-0.2, 0) is 13.5 Å². The molecule has 0 spiro atoms. The van der Waals surface area contributed by atoms with Crippen molar-refractivity contribution >= 4 is 44.9 Å². The fourth-order valence-electron chi connectivity index (χ4n) is 2.39. The number of nitrogens with zero attached hydrogens (tertiary/aromatic N) is 4. The van der Waals surface area contributed by atoms with Gasteiger partial charge in [0, 0.05) is 18.5 Å². The SMILES string of the molecule is CC(C)Cc1nnc(NC(=O)c2nn(C)c3ccc(Cl)cc3c2=O)s1. The van der Waals surface area contributed by atoms with Gasteiger partial charge in [-0.15, -0.1) is 10.2 Å². The predicted molar refractivity (Wildman–Crippen MR) is 98.4 cm³/mol. The largest absolute Gasteiger partial charge is 0.295 e. The maximum absolute atomic E-state index is 12.6. The van der Waals surface area contributed by atoms with Crippen LogP contribution < -0.4 is 10.7 Å². The van der Waals surface area contributed by atoms with Crippen LogP contribution in [-0.4, -0.2) is 25.9 Å². The van der Waals surface area contributed by atoms with E-state index in [9.17, 15) is 9.59 Å². The van der Waals surface area contributed by atoms with E-state index in [1.165, 1.54) is 22.1 Å². The number of rotatable bonds is 4. The molecule has 25 heavy (non-hydrogen) atoms. The Morgan fingerprint density at radius 1 is 1.36 bits per heavy atom. The van der Waals surface area contributed by atoms with Crippen molar-refractivity contribution in [3.05, 3.63) is 44.1 Å². The molecule has 0 radical (unpaired) electrons. The lowest BCUT2D eigenvalue weighted by molar-refractivity contribution is 0.101. The van der Waals surface area contributed by atoms with Crippen LogP contribution in [0.1, 0.15) is 29.3 Å². The monoisotopic (exact) mass is 377 g/mol. The predicted octanol–water partition coefficient (Wildman–Crippen LogP) is 2.89. The van der Waals surface area contributed by atoms with E-state index in [4.69, 9.17) is 11.6 Å². The van der Waals surface area contributed by atoms with E-state index in [0.717, 1.165) is 11.4 Å². The van der Waals surface area contributed by atoms with Crippen molar-refractivity contribution in [2.45, 2.75) is 20.3 Å². The van der Waals surface area contributed by atoms with Crippen LogP contribution in [0.15, 0.2) is 23.0 Å². The van der Waals surface area contributed by atoms with Gasteiger partial charge in [0.1, 0.15) is 5.01 Å². The van der Waals surface area contributed by atoms with Crippen molar-refractivity contribution in [3.8, 4) is 0 Å². The van der Waals surface area contributed by atoms with Gasteiger partial charge in [-0.25, -0.2) is 0 Å². The summed E-state index contributed by atoms with van der Waals surface area (Å²) in [6, 6.07) is 4.89. The summed E-state index contributed by atoms with van der Waals surface area (Å²) in [5.74, 6) is -0.176. The molecular formula is C16H16ClN5O2S. The lowest BCUT2D eigenvalue weighted by Gasteiger charge is -2.07. The molecule has 0 aliphatic heterocycles. The van der Waals surface area contributed by atoms with Crippen LogP contribution in [0.25, 0.3) is 10.9 Å². The number of carbonyl (C=O) groups is 1. The van der Waals surface area contributed by atoms with Crippen LogP contribution in [0.2, 0.25) is 5.02 Å². The van der Waals surface area contributed by atoms with Crippen LogP contribution in [0.5, 0.6) is 0 Å². The number of carbonyl (C=O) groups excluding carboxylic acids is 1. The molecule has 0 bridgehead atoms. The first kappa shape index (κ1) is 17.5. The van der Waals surface area contributed by atoms with Gasteiger partial charge in [0.05, 0.1) is 10.9 Å². The fraction of sp³-hybridized carbons (Fsp3) is 0.312. The summed E-state index contributed by atoms with van der Waals surface area (Å²) in [4.78, 5) is 25.1. The summed E-state index contributed by atoms with van der Waals surface area (Å²) in [5.41, 5.74) is -0.0843. The molecule has 0 saturated carbocycles. The van der Waals surface area contributed by atoms with Crippen LogP contribution in [0.3, 0.4) is 0 Å². The van der Waals surface area contributed by atoms with E-state index in [1.54, 1.807) is 19.2 Å². The highest BCUT2D eigenvalue weighted by Crippen LogP contribution is 2.19. The van der Waals surface area contributed by atoms with Crippen LogP contribution in [0, 0.1) is 5.92 Å². The van der Waals surface area contributed by atoms with Crippen LogP contribution >= 0.6 is 22.9 Å². The molecule has 3 aromatic rings. The molecule has 1 amide bonds. The molecule has 1 N–H and O–H groups in total. The minimum atomic E-state index is -0.616. The molecule has 7 nitrogen and oxygen atoms in total. The van der Waals surface area contributed by atoms with E-state index in [-0.39, 0.29) is 5.69 Å². The standard InChI is InChI=1S/C16H16ClN5O2S/c1-8(2)6-12-19-20-16(25-12)18-15(24)13-14(23)10-7-9(17)4-5-11(10)22(3)21-13/h4-5,7-8H,6H2,1-3H3,(H,18,20,24). The Morgan fingerprint density at radius 2 is 2.12 bits per heavy atom. The number of hydrogen-bond donors (Lipinski definition) is 1. The quantitative estimate of drug-likeness (QED) is 0.755. The highest BCUT2D eigenvalue weighted by atomic mass is 35.5. The van der Waals surface area contributed by atoms with Gasteiger partial charge >= 0.3 is 0 Å². The van der Waals surface area contributed by atoms with E-state index < -0.39 is 11.3 Å². The van der Waals surface area contributed by atoms with Gasteiger partial charge in [-0.3, -0.25) is 19.6 Å². The van der Waals surface area contributed by atoms with Crippen molar-refractivity contribution in [2.24, 2.45) is 13.0 Å². The Bertz CT molecular complexity index is 1010. The third-order valence-corrected chi connectivity index (χ3v) is 4.60. The highest BCUT2D eigenvalue weighted by molar-refractivity contribution is 7.15. The van der Waals surface area contributed by atoms with Gasteiger partial charge in [0.25, 0.3) is 5.91 Å². The molecule has 130 valence electrons. The van der Waals surface area contributed by atoms with Gasteiger partial charge in [0.15, 0.2) is 5.69 Å². The number of aryl methyl sites for hydroxylation is 1. The van der Waals surface area contributed by atoms with E-state index in [1.807, 2.05) is 0 Å². The van der Waals surface area contributed by atoms with Crippen molar-refractivity contribution in [1.29, 1.82) is 0 Å². The van der Waals surface area contributed by atoms with Gasteiger partial charge in [-0.2, -0.15) is 5.10 Å². The second-order valence-electron chi connectivity index (χ2n) is 6.02. The molecule has 1 aromatic carbocycles. The molecule has 3 rings (SSSR count). The van der Waals surface area contributed by atoms with E-state index in [2.05, 4.69) is 34.5 Å². The molecule has 9 heteroatoms. The third kappa shape index (κ3) is 3.69. The zero-order chi connectivity index (χ0) is 18.1. The van der Waals surface area contributed by atoms with Gasteiger partial charge in [0.2, 0.25) is 10.6 Å². The summed E-state index contributed by atoms with van der Waals surface area (Å²) in [6.07, 6.45) is 0.780. The van der Waals surface area contributed by atoms with Crippen molar-refractivity contribution in [1.82, 2.24) is 20.0 Å². The van der Waals surface area contributed by atoms with Crippen LogP contribution in [0.4, 0.5) is 5.13 Å². The normalized spacial score (nSPS) is 11.2. The zero-order valence-electron chi connectivity index (χ0n) is 13.9. The lowest BCUT2D eigenvalue weighted by atomic mass is 10.1. The minimum Gasteiger partial charge on any atom is -0.295 e. The molecule has 0 aliphatic rings. The molecule has 2 heterocycles.